The van der Waals surface area contributed by atoms with Crippen molar-refractivity contribution in [2.24, 2.45) is 5.92 Å². The average Bonchev–Trinajstić information content (AvgIpc) is 2.46. The first kappa shape index (κ1) is 17.7. The third-order valence-corrected chi connectivity index (χ3v) is 3.50. The van der Waals surface area contributed by atoms with Crippen molar-refractivity contribution < 1.29 is 5.11 Å². The molecule has 0 aliphatic rings. The van der Waals surface area contributed by atoms with Crippen molar-refractivity contribution >= 4 is 11.6 Å². The molecule has 0 saturated carbocycles. The van der Waals surface area contributed by atoms with E-state index in [1.165, 1.54) is 0 Å². The van der Waals surface area contributed by atoms with Gasteiger partial charge < -0.3 is 15.7 Å². The van der Waals surface area contributed by atoms with Crippen molar-refractivity contribution in [1.29, 1.82) is 0 Å². The smallest absolute Gasteiger partial charge is 0.135 e. The van der Waals surface area contributed by atoms with Crippen molar-refractivity contribution in [3.05, 3.63) is 11.4 Å². The highest BCUT2D eigenvalue weighted by molar-refractivity contribution is 5.57. The average molecular weight is 294 g/mol. The van der Waals surface area contributed by atoms with Gasteiger partial charge in [-0.2, -0.15) is 0 Å². The van der Waals surface area contributed by atoms with Gasteiger partial charge >= 0.3 is 0 Å². The molecule has 1 unspecified atom stereocenters. The summed E-state index contributed by atoms with van der Waals surface area (Å²) in [5.41, 5.74) is 1.07. The Labute approximate surface area is 128 Å². The zero-order chi connectivity index (χ0) is 15.8. The van der Waals surface area contributed by atoms with E-state index in [1.54, 1.807) is 0 Å². The maximum absolute atomic E-state index is 9.04. The monoisotopic (exact) mass is 294 g/mol. The topological polar surface area (TPSA) is 70.1 Å². The predicted octanol–water partition coefficient (Wildman–Crippen LogP) is 3.16. The molecule has 1 rings (SSSR count). The van der Waals surface area contributed by atoms with E-state index in [9.17, 15) is 0 Å². The van der Waals surface area contributed by atoms with Gasteiger partial charge in [-0.05, 0) is 32.6 Å². The zero-order valence-corrected chi connectivity index (χ0v) is 14.0. The standard InChI is InChI=1S/C16H30N4O/c1-6-17-15-13(5)16(20-14(19-15)11(2)3)18-9-7-8-12(4)10-21/h11-12,21H,6-10H2,1-5H3,(H2,17,18,19,20). The Bertz CT molecular complexity index is 435. The molecule has 1 atom stereocenters. The van der Waals surface area contributed by atoms with Gasteiger partial charge in [-0.3, -0.25) is 0 Å². The second kappa shape index (κ2) is 8.82. The lowest BCUT2D eigenvalue weighted by atomic mass is 10.1. The van der Waals surface area contributed by atoms with Gasteiger partial charge in [0.15, 0.2) is 0 Å². The zero-order valence-electron chi connectivity index (χ0n) is 14.0. The van der Waals surface area contributed by atoms with Crippen LogP contribution < -0.4 is 10.6 Å². The lowest BCUT2D eigenvalue weighted by molar-refractivity contribution is 0.229. The number of hydrogen-bond donors (Lipinski definition) is 3. The first-order valence-corrected chi connectivity index (χ1v) is 7.96. The summed E-state index contributed by atoms with van der Waals surface area (Å²) < 4.78 is 0. The summed E-state index contributed by atoms with van der Waals surface area (Å²) in [4.78, 5) is 9.24. The highest BCUT2D eigenvalue weighted by Crippen LogP contribution is 2.23. The Hall–Kier alpha value is -1.36. The minimum atomic E-state index is 0.259. The van der Waals surface area contributed by atoms with E-state index in [4.69, 9.17) is 5.11 Å². The lowest BCUT2D eigenvalue weighted by Gasteiger charge is -2.16. The van der Waals surface area contributed by atoms with E-state index < -0.39 is 0 Å². The fourth-order valence-electron chi connectivity index (χ4n) is 2.05. The van der Waals surface area contributed by atoms with E-state index in [1.807, 2.05) is 6.92 Å². The van der Waals surface area contributed by atoms with Crippen molar-refractivity contribution in [2.45, 2.75) is 53.4 Å². The highest BCUT2D eigenvalue weighted by Gasteiger charge is 2.12. The Morgan fingerprint density at radius 3 is 2.24 bits per heavy atom. The van der Waals surface area contributed by atoms with Gasteiger partial charge in [0, 0.05) is 31.2 Å². The molecule has 21 heavy (non-hydrogen) atoms. The minimum Gasteiger partial charge on any atom is -0.396 e. The molecule has 5 heteroatoms. The molecule has 1 aromatic rings. The van der Waals surface area contributed by atoms with Crippen molar-refractivity contribution in [3.63, 3.8) is 0 Å². The molecule has 5 nitrogen and oxygen atoms in total. The van der Waals surface area contributed by atoms with Crippen LogP contribution in [0.1, 0.15) is 57.8 Å². The summed E-state index contributed by atoms with van der Waals surface area (Å²) in [6, 6.07) is 0. The molecule has 0 aliphatic carbocycles. The van der Waals surface area contributed by atoms with Crippen LogP contribution in [0.25, 0.3) is 0 Å². The maximum Gasteiger partial charge on any atom is 0.135 e. The second-order valence-corrected chi connectivity index (χ2v) is 5.95. The summed E-state index contributed by atoms with van der Waals surface area (Å²) in [5, 5.41) is 15.8. The van der Waals surface area contributed by atoms with Crippen molar-refractivity contribution in [1.82, 2.24) is 9.97 Å². The summed E-state index contributed by atoms with van der Waals surface area (Å²) in [5.74, 6) is 3.37. The maximum atomic E-state index is 9.04. The summed E-state index contributed by atoms with van der Waals surface area (Å²) in [6.45, 7) is 12.4. The summed E-state index contributed by atoms with van der Waals surface area (Å²) in [6.07, 6.45) is 2.05. The molecule has 0 saturated heterocycles. The van der Waals surface area contributed by atoms with Gasteiger partial charge in [0.1, 0.15) is 17.5 Å². The van der Waals surface area contributed by atoms with Gasteiger partial charge in [0.25, 0.3) is 0 Å². The molecule has 120 valence electrons. The fraction of sp³-hybridized carbons (Fsp3) is 0.750. The Morgan fingerprint density at radius 1 is 1.10 bits per heavy atom. The molecule has 0 aromatic carbocycles. The van der Waals surface area contributed by atoms with Gasteiger partial charge in [-0.1, -0.05) is 20.8 Å². The Kier molecular flexibility index (Phi) is 7.43. The van der Waals surface area contributed by atoms with Crippen LogP contribution in [0.2, 0.25) is 0 Å². The van der Waals surface area contributed by atoms with Crippen LogP contribution in [0, 0.1) is 12.8 Å². The van der Waals surface area contributed by atoms with E-state index in [0.717, 1.165) is 49.0 Å². The molecular formula is C16H30N4O. The first-order chi connectivity index (χ1) is 9.99. The van der Waals surface area contributed by atoms with Crippen molar-refractivity contribution in [2.75, 3.05) is 30.3 Å². The van der Waals surface area contributed by atoms with Crippen LogP contribution in [0.15, 0.2) is 0 Å². The van der Waals surface area contributed by atoms with Crippen LogP contribution in [0.5, 0.6) is 0 Å². The normalized spacial score (nSPS) is 12.5. The highest BCUT2D eigenvalue weighted by atomic mass is 16.3. The van der Waals surface area contributed by atoms with E-state index in [-0.39, 0.29) is 6.61 Å². The van der Waals surface area contributed by atoms with E-state index >= 15 is 0 Å². The van der Waals surface area contributed by atoms with E-state index in [0.29, 0.717) is 11.8 Å². The number of nitrogens with zero attached hydrogens (tertiary/aromatic N) is 2. The molecular weight excluding hydrogens is 264 g/mol. The number of aromatic nitrogens is 2. The SMILES string of the molecule is CCNc1nc(C(C)C)nc(NCCCC(C)CO)c1C. The molecule has 3 N–H and O–H groups in total. The molecule has 0 bridgehead atoms. The number of nitrogens with one attached hydrogen (secondary N) is 2. The molecule has 0 radical (unpaired) electrons. The number of hydrogen-bond acceptors (Lipinski definition) is 5. The predicted molar refractivity (Wildman–Crippen MR) is 89.0 cm³/mol. The number of aliphatic hydroxyl groups excluding tert-OH is 1. The van der Waals surface area contributed by atoms with Gasteiger partial charge in [-0.25, -0.2) is 9.97 Å². The quantitative estimate of drug-likeness (QED) is 0.610. The summed E-state index contributed by atoms with van der Waals surface area (Å²) >= 11 is 0. The third kappa shape index (κ3) is 5.50. The van der Waals surface area contributed by atoms with Crippen LogP contribution >= 0.6 is 0 Å². The third-order valence-electron chi connectivity index (χ3n) is 3.50. The molecule has 0 aliphatic heterocycles. The number of aliphatic hydroxyl groups is 1. The van der Waals surface area contributed by atoms with E-state index in [2.05, 4.69) is 48.3 Å². The van der Waals surface area contributed by atoms with Crippen molar-refractivity contribution in [3.8, 4) is 0 Å². The number of rotatable bonds is 9. The largest absolute Gasteiger partial charge is 0.396 e. The Morgan fingerprint density at radius 2 is 1.71 bits per heavy atom. The first-order valence-electron chi connectivity index (χ1n) is 7.96. The Balaban J connectivity index is 2.75. The molecule has 0 fully saturated rings. The molecule has 1 heterocycles. The molecule has 0 amide bonds. The summed E-state index contributed by atoms with van der Waals surface area (Å²) in [7, 11) is 0. The minimum absolute atomic E-state index is 0.259. The molecule has 1 aromatic heterocycles. The van der Waals surface area contributed by atoms with Crippen LogP contribution in [0.3, 0.4) is 0 Å². The van der Waals surface area contributed by atoms with Gasteiger partial charge in [0.2, 0.25) is 0 Å². The van der Waals surface area contributed by atoms with Gasteiger partial charge in [-0.15, -0.1) is 0 Å². The van der Waals surface area contributed by atoms with Crippen LogP contribution in [-0.2, 0) is 0 Å². The second-order valence-electron chi connectivity index (χ2n) is 5.95. The van der Waals surface area contributed by atoms with Gasteiger partial charge in [0.05, 0.1) is 0 Å². The van der Waals surface area contributed by atoms with Crippen LogP contribution in [0.4, 0.5) is 11.6 Å². The lowest BCUT2D eigenvalue weighted by Crippen LogP contribution is -2.13. The van der Waals surface area contributed by atoms with Crippen LogP contribution in [-0.4, -0.2) is 34.8 Å². The number of anilines is 2. The molecule has 0 spiro atoms. The fourth-order valence-corrected chi connectivity index (χ4v) is 2.05.